The van der Waals surface area contributed by atoms with Crippen LogP contribution in [0.15, 0.2) is 48.5 Å². The van der Waals surface area contributed by atoms with Crippen molar-refractivity contribution in [3.05, 3.63) is 60.2 Å². The first-order valence-corrected chi connectivity index (χ1v) is 8.73. The Morgan fingerprint density at radius 3 is 1.67 bits per heavy atom. The fourth-order valence-corrected chi connectivity index (χ4v) is 2.90. The molecule has 0 saturated carbocycles. The highest BCUT2D eigenvalue weighted by Gasteiger charge is 2.18. The first-order chi connectivity index (χ1) is 13.2. The molecule has 0 radical (unpaired) electrons. The van der Waals surface area contributed by atoms with Crippen LogP contribution in [0.1, 0.15) is 12.8 Å². The molecule has 1 aromatic heterocycles. The van der Waals surface area contributed by atoms with E-state index in [4.69, 9.17) is 0 Å². The zero-order chi connectivity index (χ0) is 18.6. The number of rotatable bonds is 5. The molecule has 1 fully saturated rings. The Bertz CT molecular complexity index is 877. The van der Waals surface area contributed by atoms with Crippen LogP contribution in [0, 0.1) is 11.6 Å². The summed E-state index contributed by atoms with van der Waals surface area (Å²) in [5.41, 5.74) is 0.515. The molecule has 0 bridgehead atoms. The summed E-state index contributed by atoms with van der Waals surface area (Å²) in [4.78, 5) is 15.1. The molecular formula is C19H18F2N6. The lowest BCUT2D eigenvalue weighted by atomic mass is 10.3. The second-order valence-corrected chi connectivity index (χ2v) is 6.19. The van der Waals surface area contributed by atoms with E-state index < -0.39 is 11.6 Å². The molecule has 0 unspecified atom stereocenters. The average Bonchev–Trinajstić information content (AvgIpc) is 3.20. The molecular weight excluding hydrogens is 350 g/mol. The minimum atomic E-state index is -0.413. The van der Waals surface area contributed by atoms with E-state index in [1.807, 2.05) is 4.90 Å². The predicted molar refractivity (Wildman–Crippen MR) is 101 cm³/mol. The third-order valence-electron chi connectivity index (χ3n) is 4.25. The van der Waals surface area contributed by atoms with Crippen LogP contribution in [0.5, 0.6) is 0 Å². The first-order valence-electron chi connectivity index (χ1n) is 8.73. The summed E-state index contributed by atoms with van der Waals surface area (Å²) < 4.78 is 27.9. The number of aromatic nitrogens is 3. The smallest absolute Gasteiger partial charge is 0.233 e. The third-order valence-corrected chi connectivity index (χ3v) is 4.25. The number of nitrogens with one attached hydrogen (secondary N) is 2. The van der Waals surface area contributed by atoms with Crippen molar-refractivity contribution in [3.63, 3.8) is 0 Å². The Morgan fingerprint density at radius 2 is 1.19 bits per heavy atom. The number of hydrogen-bond donors (Lipinski definition) is 2. The van der Waals surface area contributed by atoms with Crippen molar-refractivity contribution in [1.82, 2.24) is 15.0 Å². The van der Waals surface area contributed by atoms with Crippen LogP contribution in [-0.2, 0) is 0 Å². The van der Waals surface area contributed by atoms with Crippen LogP contribution in [0.3, 0.4) is 0 Å². The summed E-state index contributed by atoms with van der Waals surface area (Å²) in [6.45, 7) is 1.67. The van der Waals surface area contributed by atoms with Crippen LogP contribution in [0.25, 0.3) is 0 Å². The van der Waals surface area contributed by atoms with E-state index in [-0.39, 0.29) is 23.3 Å². The molecule has 138 valence electrons. The quantitative estimate of drug-likeness (QED) is 0.702. The van der Waals surface area contributed by atoms with E-state index in [1.54, 1.807) is 36.4 Å². The summed E-state index contributed by atoms with van der Waals surface area (Å²) in [7, 11) is 0. The van der Waals surface area contributed by atoms with Gasteiger partial charge >= 0.3 is 0 Å². The Morgan fingerprint density at radius 1 is 0.704 bits per heavy atom. The molecule has 6 nitrogen and oxygen atoms in total. The van der Waals surface area contributed by atoms with Crippen LogP contribution < -0.4 is 15.5 Å². The molecule has 0 aliphatic carbocycles. The maximum absolute atomic E-state index is 14.0. The molecule has 27 heavy (non-hydrogen) atoms. The van der Waals surface area contributed by atoms with Crippen molar-refractivity contribution in [2.75, 3.05) is 28.6 Å². The van der Waals surface area contributed by atoms with Gasteiger partial charge in [-0.05, 0) is 37.1 Å². The molecule has 1 aliphatic heterocycles. The fourth-order valence-electron chi connectivity index (χ4n) is 2.90. The van der Waals surface area contributed by atoms with Crippen molar-refractivity contribution in [2.45, 2.75) is 12.8 Å². The van der Waals surface area contributed by atoms with Crippen LogP contribution in [-0.4, -0.2) is 28.0 Å². The topological polar surface area (TPSA) is 66.0 Å². The minimum absolute atomic E-state index is 0.191. The van der Waals surface area contributed by atoms with E-state index in [0.29, 0.717) is 5.95 Å². The fraction of sp³-hybridized carbons (Fsp3) is 0.211. The molecule has 0 atom stereocenters. The standard InChI is InChI=1S/C19H18F2N6/c20-13-7-1-3-9-15(13)22-17-24-18(23-16-10-4-2-8-14(16)21)26-19(25-17)27-11-5-6-12-27/h1-4,7-10H,5-6,11-12H2,(H2,22,23,24,25,26). The van der Waals surface area contributed by atoms with Crippen molar-refractivity contribution < 1.29 is 8.78 Å². The van der Waals surface area contributed by atoms with Gasteiger partial charge in [-0.1, -0.05) is 24.3 Å². The highest BCUT2D eigenvalue weighted by atomic mass is 19.1. The Kier molecular flexibility index (Phi) is 4.78. The normalized spacial score (nSPS) is 13.6. The Hall–Kier alpha value is -3.29. The number of halogens is 2. The van der Waals surface area contributed by atoms with Gasteiger partial charge in [-0.25, -0.2) is 8.78 Å². The lowest BCUT2D eigenvalue weighted by Crippen LogP contribution is -2.22. The van der Waals surface area contributed by atoms with Crippen molar-refractivity contribution in [3.8, 4) is 0 Å². The van der Waals surface area contributed by atoms with E-state index >= 15 is 0 Å². The number of para-hydroxylation sites is 2. The second kappa shape index (κ2) is 7.53. The molecule has 0 amide bonds. The molecule has 2 N–H and O–H groups in total. The van der Waals surface area contributed by atoms with Gasteiger partial charge in [-0.15, -0.1) is 0 Å². The summed E-state index contributed by atoms with van der Waals surface area (Å²) in [6, 6.07) is 12.5. The second-order valence-electron chi connectivity index (χ2n) is 6.19. The largest absolute Gasteiger partial charge is 0.341 e. The maximum Gasteiger partial charge on any atom is 0.233 e. The average molecular weight is 368 g/mol. The van der Waals surface area contributed by atoms with Gasteiger partial charge in [0.05, 0.1) is 11.4 Å². The van der Waals surface area contributed by atoms with Crippen LogP contribution >= 0.6 is 0 Å². The van der Waals surface area contributed by atoms with Gasteiger partial charge in [-0.3, -0.25) is 0 Å². The maximum atomic E-state index is 14.0. The first kappa shape index (κ1) is 17.1. The lowest BCUT2D eigenvalue weighted by molar-refractivity contribution is 0.631. The monoisotopic (exact) mass is 368 g/mol. The molecule has 2 heterocycles. The Labute approximate surface area is 155 Å². The van der Waals surface area contributed by atoms with Gasteiger partial charge in [0.15, 0.2) is 0 Å². The minimum Gasteiger partial charge on any atom is -0.341 e. The highest BCUT2D eigenvalue weighted by molar-refractivity contribution is 5.60. The highest BCUT2D eigenvalue weighted by Crippen LogP contribution is 2.24. The molecule has 2 aromatic carbocycles. The SMILES string of the molecule is Fc1ccccc1Nc1nc(Nc2ccccc2F)nc(N2CCCC2)n1. The van der Waals surface area contributed by atoms with E-state index in [1.165, 1.54) is 12.1 Å². The zero-order valence-corrected chi connectivity index (χ0v) is 14.5. The summed E-state index contributed by atoms with van der Waals surface area (Å²) in [5, 5.41) is 5.76. The predicted octanol–water partition coefficient (Wildman–Crippen LogP) is 4.24. The van der Waals surface area contributed by atoms with Gasteiger partial charge in [0.1, 0.15) is 11.6 Å². The van der Waals surface area contributed by atoms with Crippen molar-refractivity contribution >= 4 is 29.2 Å². The van der Waals surface area contributed by atoms with E-state index in [0.717, 1.165) is 25.9 Å². The van der Waals surface area contributed by atoms with Gasteiger partial charge in [0.2, 0.25) is 17.8 Å². The zero-order valence-electron chi connectivity index (χ0n) is 14.5. The van der Waals surface area contributed by atoms with Crippen molar-refractivity contribution in [1.29, 1.82) is 0 Å². The molecule has 8 heteroatoms. The van der Waals surface area contributed by atoms with E-state index in [9.17, 15) is 8.78 Å². The summed E-state index contributed by atoms with van der Waals surface area (Å²) in [6.07, 6.45) is 2.11. The molecule has 1 saturated heterocycles. The molecule has 4 rings (SSSR count). The van der Waals surface area contributed by atoms with Crippen LogP contribution in [0.2, 0.25) is 0 Å². The van der Waals surface area contributed by atoms with Gasteiger partial charge in [0, 0.05) is 13.1 Å². The van der Waals surface area contributed by atoms with E-state index in [2.05, 4.69) is 25.6 Å². The third kappa shape index (κ3) is 3.94. The van der Waals surface area contributed by atoms with Crippen molar-refractivity contribution in [2.24, 2.45) is 0 Å². The van der Waals surface area contributed by atoms with Gasteiger partial charge in [0.25, 0.3) is 0 Å². The number of anilines is 5. The van der Waals surface area contributed by atoms with Gasteiger partial charge < -0.3 is 15.5 Å². The molecule has 1 aliphatic rings. The number of nitrogens with zero attached hydrogens (tertiary/aromatic N) is 4. The summed E-state index contributed by atoms with van der Waals surface area (Å²) >= 11 is 0. The van der Waals surface area contributed by atoms with Gasteiger partial charge in [-0.2, -0.15) is 15.0 Å². The molecule has 3 aromatic rings. The Balaban J connectivity index is 1.68. The lowest BCUT2D eigenvalue weighted by Gasteiger charge is -2.17. The van der Waals surface area contributed by atoms with Crippen LogP contribution in [0.4, 0.5) is 38.0 Å². The number of benzene rings is 2. The summed E-state index contributed by atoms with van der Waals surface area (Å²) in [5.74, 6) is 0.0281. The number of hydrogen-bond acceptors (Lipinski definition) is 6. The molecule has 0 spiro atoms.